The van der Waals surface area contributed by atoms with Gasteiger partial charge in [0.25, 0.3) is 5.91 Å². The maximum atomic E-state index is 13.9. The summed E-state index contributed by atoms with van der Waals surface area (Å²) in [5.41, 5.74) is 3.04. The Morgan fingerprint density at radius 3 is 2.39 bits per heavy atom. The second kappa shape index (κ2) is 10.2. The predicted octanol–water partition coefficient (Wildman–Crippen LogP) is 6.24. The molecular weight excluding hydrogens is 482 g/mol. The number of ether oxygens (including phenoxy) is 2. The number of nitrogens with zero attached hydrogens (tertiary/aromatic N) is 1. The second-order valence-electron chi connectivity index (χ2n) is 9.34. The molecule has 38 heavy (non-hydrogen) atoms. The predicted molar refractivity (Wildman–Crippen MR) is 146 cm³/mol. The highest BCUT2D eigenvalue weighted by atomic mass is 16.5. The minimum atomic E-state index is -0.763. The summed E-state index contributed by atoms with van der Waals surface area (Å²) in [5, 5.41) is 0.420. The largest absolute Gasteiger partial charge is 0.490 e. The fourth-order valence-corrected chi connectivity index (χ4v) is 4.82. The van der Waals surface area contributed by atoms with Gasteiger partial charge in [-0.25, -0.2) is 0 Å². The van der Waals surface area contributed by atoms with E-state index in [-0.39, 0.29) is 22.5 Å². The Labute approximate surface area is 220 Å². The number of benzene rings is 3. The molecule has 7 heteroatoms. The van der Waals surface area contributed by atoms with Crippen molar-refractivity contribution in [3.63, 3.8) is 0 Å². The van der Waals surface area contributed by atoms with Gasteiger partial charge in [-0.2, -0.15) is 0 Å². The molecule has 1 unspecified atom stereocenters. The maximum Gasteiger partial charge on any atom is 0.295 e. The van der Waals surface area contributed by atoms with Gasteiger partial charge in [-0.3, -0.25) is 19.3 Å². The lowest BCUT2D eigenvalue weighted by atomic mass is 9.97. The molecule has 7 nitrogen and oxygen atoms in total. The van der Waals surface area contributed by atoms with E-state index in [0.29, 0.717) is 52.5 Å². The van der Waals surface area contributed by atoms with E-state index in [1.165, 1.54) is 6.92 Å². The third-order valence-corrected chi connectivity index (χ3v) is 6.62. The summed E-state index contributed by atoms with van der Waals surface area (Å²) in [6.45, 7) is 8.26. The summed E-state index contributed by atoms with van der Waals surface area (Å²) in [6.07, 6.45) is 0.843. The minimum Gasteiger partial charge on any atom is -0.490 e. The number of carbonyl (C=O) groups is 2. The van der Waals surface area contributed by atoms with Crippen LogP contribution in [-0.2, 0) is 0 Å². The fourth-order valence-electron chi connectivity index (χ4n) is 4.82. The standard InChI is InChI=1S/C31H29NO6/c1-5-15-37-25-14-10-21(17-26(25)36-6-2)28-27-29(34)23-16-18(3)7-13-24(23)38-30(27)31(35)32(28)22-11-8-20(9-12-22)19(4)33/h7-14,16-17,28H,5-6,15H2,1-4H3. The molecule has 3 aromatic carbocycles. The van der Waals surface area contributed by atoms with Gasteiger partial charge >= 0.3 is 0 Å². The van der Waals surface area contributed by atoms with Crippen LogP contribution in [-0.4, -0.2) is 24.9 Å². The number of amides is 1. The van der Waals surface area contributed by atoms with Crippen LogP contribution < -0.4 is 19.8 Å². The van der Waals surface area contributed by atoms with Gasteiger partial charge in [-0.15, -0.1) is 0 Å². The molecule has 5 rings (SSSR count). The van der Waals surface area contributed by atoms with Gasteiger partial charge < -0.3 is 13.9 Å². The number of hydrogen-bond donors (Lipinski definition) is 0. The van der Waals surface area contributed by atoms with Crippen LogP contribution in [0, 0.1) is 6.92 Å². The first-order valence-electron chi connectivity index (χ1n) is 12.8. The number of carbonyl (C=O) groups excluding carboxylic acids is 2. The summed E-state index contributed by atoms with van der Waals surface area (Å²) in [6, 6.07) is 16.8. The Hall–Kier alpha value is -4.39. The molecule has 0 spiro atoms. The molecule has 2 heterocycles. The third-order valence-electron chi connectivity index (χ3n) is 6.62. The average Bonchev–Trinajstić information content (AvgIpc) is 3.21. The second-order valence-corrected chi connectivity index (χ2v) is 9.34. The molecule has 1 aliphatic heterocycles. The van der Waals surface area contributed by atoms with E-state index in [9.17, 15) is 14.4 Å². The Bertz CT molecular complexity index is 1600. The Morgan fingerprint density at radius 2 is 1.71 bits per heavy atom. The van der Waals surface area contributed by atoms with E-state index < -0.39 is 11.9 Å². The monoisotopic (exact) mass is 511 g/mol. The highest BCUT2D eigenvalue weighted by molar-refractivity contribution is 6.11. The summed E-state index contributed by atoms with van der Waals surface area (Å²) in [5.74, 6) is 0.639. The molecule has 0 bridgehead atoms. The minimum absolute atomic E-state index is 0.0104. The third kappa shape index (κ3) is 4.34. The Kier molecular flexibility index (Phi) is 6.76. The molecule has 1 aliphatic rings. The summed E-state index contributed by atoms with van der Waals surface area (Å²) in [4.78, 5) is 41.2. The van der Waals surface area contributed by atoms with Gasteiger partial charge in [0, 0.05) is 11.3 Å². The molecule has 0 N–H and O–H groups in total. The van der Waals surface area contributed by atoms with Gasteiger partial charge in [-0.05, 0) is 81.3 Å². The molecule has 1 atom stereocenters. The first-order valence-corrected chi connectivity index (χ1v) is 12.8. The zero-order valence-corrected chi connectivity index (χ0v) is 21.9. The van der Waals surface area contributed by atoms with Gasteiger partial charge in [0.15, 0.2) is 22.7 Å². The lowest BCUT2D eigenvalue weighted by Crippen LogP contribution is -2.29. The molecule has 0 saturated heterocycles. The van der Waals surface area contributed by atoms with Crippen LogP contribution in [0.3, 0.4) is 0 Å². The summed E-state index contributed by atoms with van der Waals surface area (Å²) < 4.78 is 17.8. The Balaban J connectivity index is 1.74. The van der Waals surface area contributed by atoms with Crippen molar-refractivity contribution in [2.45, 2.75) is 40.2 Å². The molecule has 0 fully saturated rings. The van der Waals surface area contributed by atoms with Crippen molar-refractivity contribution < 1.29 is 23.5 Å². The van der Waals surface area contributed by atoms with Crippen molar-refractivity contribution in [1.29, 1.82) is 0 Å². The lowest BCUT2D eigenvalue weighted by Gasteiger charge is -2.26. The van der Waals surface area contributed by atoms with Gasteiger partial charge in [-0.1, -0.05) is 24.6 Å². The van der Waals surface area contributed by atoms with Crippen LogP contribution in [0.4, 0.5) is 5.69 Å². The van der Waals surface area contributed by atoms with Gasteiger partial charge in [0.05, 0.1) is 30.2 Å². The van der Waals surface area contributed by atoms with Crippen LogP contribution in [0.2, 0.25) is 0 Å². The Morgan fingerprint density at radius 1 is 0.947 bits per heavy atom. The number of hydrogen-bond acceptors (Lipinski definition) is 6. The van der Waals surface area contributed by atoms with Crippen LogP contribution in [0.1, 0.15) is 70.8 Å². The average molecular weight is 512 g/mol. The van der Waals surface area contributed by atoms with Crippen molar-refractivity contribution in [2.75, 3.05) is 18.1 Å². The molecule has 0 saturated carbocycles. The van der Waals surface area contributed by atoms with E-state index in [0.717, 1.165) is 12.0 Å². The van der Waals surface area contributed by atoms with Crippen LogP contribution in [0.25, 0.3) is 11.0 Å². The van der Waals surface area contributed by atoms with E-state index in [4.69, 9.17) is 13.9 Å². The molecule has 4 aromatic rings. The van der Waals surface area contributed by atoms with Gasteiger partial charge in [0.2, 0.25) is 5.76 Å². The van der Waals surface area contributed by atoms with E-state index in [1.54, 1.807) is 41.3 Å². The van der Waals surface area contributed by atoms with E-state index >= 15 is 0 Å². The number of ketones is 1. The molecule has 194 valence electrons. The van der Waals surface area contributed by atoms with Crippen molar-refractivity contribution in [3.05, 3.63) is 98.9 Å². The highest BCUT2D eigenvalue weighted by Crippen LogP contribution is 2.43. The zero-order valence-electron chi connectivity index (χ0n) is 21.9. The number of fused-ring (bicyclic) bond motifs is 2. The number of anilines is 1. The molecule has 1 aromatic heterocycles. The lowest BCUT2D eigenvalue weighted by molar-refractivity contribution is 0.0970. The van der Waals surface area contributed by atoms with Gasteiger partial charge in [0.1, 0.15) is 5.58 Å². The number of Topliss-reactive ketones (excluding diaryl/α,β-unsaturated/α-hetero) is 1. The normalized spacial score (nSPS) is 14.6. The van der Waals surface area contributed by atoms with E-state index in [2.05, 4.69) is 0 Å². The summed E-state index contributed by atoms with van der Waals surface area (Å²) in [7, 11) is 0. The molecular formula is C31H29NO6. The highest BCUT2D eigenvalue weighted by Gasteiger charge is 2.44. The number of aryl methyl sites for hydroxylation is 1. The molecule has 0 aliphatic carbocycles. The van der Waals surface area contributed by atoms with Crippen molar-refractivity contribution in [2.24, 2.45) is 0 Å². The SMILES string of the molecule is CCCOc1ccc(C2c3c(oc4ccc(C)cc4c3=O)C(=O)N2c2ccc(C(C)=O)cc2)cc1OCC. The fraction of sp³-hybridized carbons (Fsp3) is 0.258. The van der Waals surface area contributed by atoms with Crippen LogP contribution in [0.5, 0.6) is 11.5 Å². The molecule has 1 amide bonds. The topological polar surface area (TPSA) is 86.0 Å². The zero-order chi connectivity index (χ0) is 27.0. The summed E-state index contributed by atoms with van der Waals surface area (Å²) >= 11 is 0. The van der Waals surface area contributed by atoms with E-state index in [1.807, 2.05) is 45.0 Å². The quantitative estimate of drug-likeness (QED) is 0.260. The van der Waals surface area contributed by atoms with Crippen molar-refractivity contribution in [1.82, 2.24) is 0 Å². The first kappa shape index (κ1) is 25.3. The number of rotatable bonds is 8. The van der Waals surface area contributed by atoms with Crippen LogP contribution in [0.15, 0.2) is 69.9 Å². The maximum absolute atomic E-state index is 13.9. The van der Waals surface area contributed by atoms with Crippen LogP contribution >= 0.6 is 0 Å². The van der Waals surface area contributed by atoms with Crippen molar-refractivity contribution >= 4 is 28.3 Å². The molecule has 0 radical (unpaired) electrons. The first-order chi connectivity index (χ1) is 18.3. The van der Waals surface area contributed by atoms with Crippen molar-refractivity contribution in [3.8, 4) is 11.5 Å². The smallest absolute Gasteiger partial charge is 0.295 e.